The first kappa shape index (κ1) is 22.6. The molecule has 2 aromatic carbocycles. The summed E-state index contributed by atoms with van der Waals surface area (Å²) in [5.74, 6) is 0. The molecule has 2 aromatic rings. The smallest absolute Gasteiger partial charge is 0.0146 e. The SMILES string of the molecule is CCCCPCc1ccc(C(C)(C)c2ccccc2)cc1CPCCCC. The number of hydrogen-bond acceptors (Lipinski definition) is 0. The standard InChI is InChI=1S/C25H38P2/c1-5-7-16-26-19-21-14-15-24(18-22(21)20-27-17-8-6-2)25(3,4)23-12-10-9-11-13-23/h9-15,18,26-27H,5-8,16-17,19-20H2,1-4H3. The van der Waals surface area contributed by atoms with Crippen molar-refractivity contribution in [2.75, 3.05) is 12.3 Å². The van der Waals surface area contributed by atoms with Gasteiger partial charge in [0.05, 0.1) is 0 Å². The average molecular weight is 401 g/mol. The van der Waals surface area contributed by atoms with Gasteiger partial charge < -0.3 is 0 Å². The Balaban J connectivity index is 2.20. The van der Waals surface area contributed by atoms with E-state index >= 15 is 0 Å². The van der Waals surface area contributed by atoms with Gasteiger partial charge in [-0.2, -0.15) is 0 Å². The van der Waals surface area contributed by atoms with Crippen LogP contribution >= 0.6 is 17.2 Å². The van der Waals surface area contributed by atoms with Gasteiger partial charge in [-0.25, -0.2) is 0 Å². The van der Waals surface area contributed by atoms with Crippen molar-refractivity contribution >= 4 is 17.2 Å². The molecule has 148 valence electrons. The van der Waals surface area contributed by atoms with Crippen LogP contribution in [0.1, 0.15) is 75.6 Å². The van der Waals surface area contributed by atoms with Crippen LogP contribution in [-0.2, 0) is 17.7 Å². The molecule has 0 aliphatic rings. The van der Waals surface area contributed by atoms with Crippen LogP contribution in [0.15, 0.2) is 48.5 Å². The predicted molar refractivity (Wildman–Crippen MR) is 129 cm³/mol. The van der Waals surface area contributed by atoms with Gasteiger partial charge >= 0.3 is 0 Å². The normalized spacial score (nSPS) is 12.6. The Kier molecular flexibility index (Phi) is 10.0. The second kappa shape index (κ2) is 12.0. The van der Waals surface area contributed by atoms with Gasteiger partial charge in [0.1, 0.15) is 0 Å². The van der Waals surface area contributed by atoms with Crippen molar-refractivity contribution in [2.24, 2.45) is 0 Å². The van der Waals surface area contributed by atoms with Gasteiger partial charge in [-0.15, -0.1) is 17.2 Å². The van der Waals surface area contributed by atoms with E-state index in [1.807, 2.05) is 0 Å². The summed E-state index contributed by atoms with van der Waals surface area (Å²) < 4.78 is 0. The minimum atomic E-state index is 0.0611. The lowest BCUT2D eigenvalue weighted by Gasteiger charge is -2.27. The molecule has 0 radical (unpaired) electrons. The molecule has 2 rings (SSSR count). The topological polar surface area (TPSA) is 0 Å². The van der Waals surface area contributed by atoms with E-state index in [4.69, 9.17) is 0 Å². The molecule has 0 amide bonds. The lowest BCUT2D eigenvalue weighted by Crippen LogP contribution is -2.19. The summed E-state index contributed by atoms with van der Waals surface area (Å²) in [4.78, 5) is 0. The summed E-state index contributed by atoms with van der Waals surface area (Å²) >= 11 is 0. The summed E-state index contributed by atoms with van der Waals surface area (Å²) in [6.07, 6.45) is 10.7. The Hall–Kier alpha value is -0.700. The Morgan fingerprint density at radius 3 is 1.89 bits per heavy atom. The first-order valence-electron chi connectivity index (χ1n) is 10.7. The van der Waals surface area contributed by atoms with Gasteiger partial charge in [-0.05, 0) is 59.7 Å². The monoisotopic (exact) mass is 400 g/mol. The van der Waals surface area contributed by atoms with E-state index in [1.165, 1.54) is 61.5 Å². The molecule has 0 nitrogen and oxygen atoms in total. The Labute approximate surface area is 171 Å². The third kappa shape index (κ3) is 7.00. The highest BCUT2D eigenvalue weighted by molar-refractivity contribution is 7.37. The van der Waals surface area contributed by atoms with Gasteiger partial charge in [0.2, 0.25) is 0 Å². The zero-order valence-electron chi connectivity index (χ0n) is 17.8. The molecule has 27 heavy (non-hydrogen) atoms. The molecule has 0 aromatic heterocycles. The number of unbranched alkanes of at least 4 members (excludes halogenated alkanes) is 2. The molecule has 2 atom stereocenters. The fourth-order valence-electron chi connectivity index (χ4n) is 3.42. The third-order valence-corrected chi connectivity index (χ3v) is 8.14. The van der Waals surface area contributed by atoms with E-state index in [1.54, 1.807) is 11.1 Å². The van der Waals surface area contributed by atoms with Crippen LogP contribution in [0.2, 0.25) is 0 Å². The van der Waals surface area contributed by atoms with E-state index in [-0.39, 0.29) is 5.41 Å². The van der Waals surface area contributed by atoms with Crippen LogP contribution in [0.4, 0.5) is 0 Å². The quantitative estimate of drug-likeness (QED) is 0.250. The molecule has 0 spiro atoms. The number of benzene rings is 2. The third-order valence-electron chi connectivity index (χ3n) is 5.47. The van der Waals surface area contributed by atoms with Gasteiger partial charge in [0.15, 0.2) is 0 Å². The van der Waals surface area contributed by atoms with Crippen LogP contribution in [-0.4, -0.2) is 12.3 Å². The van der Waals surface area contributed by atoms with Crippen molar-refractivity contribution in [1.29, 1.82) is 0 Å². The second-order valence-corrected chi connectivity index (χ2v) is 10.7. The zero-order valence-corrected chi connectivity index (χ0v) is 19.8. The fourth-order valence-corrected chi connectivity index (χ4v) is 6.20. The Morgan fingerprint density at radius 2 is 1.30 bits per heavy atom. The van der Waals surface area contributed by atoms with Gasteiger partial charge in [0, 0.05) is 5.41 Å². The molecule has 2 heteroatoms. The molecule has 0 heterocycles. The largest absolute Gasteiger partial charge is 0.118 e. The Morgan fingerprint density at radius 1 is 0.704 bits per heavy atom. The van der Waals surface area contributed by atoms with Crippen LogP contribution in [0.25, 0.3) is 0 Å². The minimum absolute atomic E-state index is 0.0611. The molecule has 0 N–H and O–H groups in total. The fraction of sp³-hybridized carbons (Fsp3) is 0.520. The van der Waals surface area contributed by atoms with Crippen LogP contribution in [0.3, 0.4) is 0 Å². The molecular weight excluding hydrogens is 362 g/mol. The van der Waals surface area contributed by atoms with Gasteiger partial charge in [-0.3, -0.25) is 0 Å². The average Bonchev–Trinajstić information content (AvgIpc) is 2.70. The molecule has 0 saturated heterocycles. The maximum atomic E-state index is 2.53. The molecule has 0 aliphatic carbocycles. The summed E-state index contributed by atoms with van der Waals surface area (Å²) in [7, 11) is 2.15. The van der Waals surface area contributed by atoms with E-state index in [9.17, 15) is 0 Å². The van der Waals surface area contributed by atoms with E-state index < -0.39 is 0 Å². The van der Waals surface area contributed by atoms with Crippen LogP contribution in [0, 0.1) is 0 Å². The number of rotatable bonds is 12. The highest BCUT2D eigenvalue weighted by atomic mass is 31.1. The first-order valence-corrected chi connectivity index (χ1v) is 13.5. The second-order valence-electron chi connectivity index (χ2n) is 8.04. The van der Waals surface area contributed by atoms with Crippen molar-refractivity contribution in [3.8, 4) is 0 Å². The highest BCUT2D eigenvalue weighted by Crippen LogP contribution is 2.35. The van der Waals surface area contributed by atoms with Gasteiger partial charge in [0.25, 0.3) is 0 Å². The summed E-state index contributed by atoms with van der Waals surface area (Å²) in [6, 6.07) is 18.3. The summed E-state index contributed by atoms with van der Waals surface area (Å²) in [5.41, 5.74) is 6.16. The summed E-state index contributed by atoms with van der Waals surface area (Å²) in [5, 5.41) is 0. The lowest BCUT2D eigenvalue weighted by atomic mass is 9.77. The Bertz CT molecular complexity index is 661. The van der Waals surface area contributed by atoms with E-state index in [2.05, 4.69) is 76.2 Å². The van der Waals surface area contributed by atoms with Crippen molar-refractivity contribution in [2.45, 2.75) is 71.1 Å². The molecule has 2 unspecified atom stereocenters. The van der Waals surface area contributed by atoms with Crippen molar-refractivity contribution in [3.63, 3.8) is 0 Å². The molecule has 0 bridgehead atoms. The molecule has 0 fully saturated rings. The van der Waals surface area contributed by atoms with Crippen molar-refractivity contribution in [3.05, 3.63) is 70.8 Å². The number of hydrogen-bond donors (Lipinski definition) is 0. The van der Waals surface area contributed by atoms with Crippen LogP contribution < -0.4 is 0 Å². The molecular formula is C25H38P2. The van der Waals surface area contributed by atoms with Gasteiger partial charge in [-0.1, -0.05) is 89.1 Å². The van der Waals surface area contributed by atoms with E-state index in [0.717, 1.165) is 17.2 Å². The predicted octanol–water partition coefficient (Wildman–Crippen LogP) is 7.97. The van der Waals surface area contributed by atoms with Crippen molar-refractivity contribution < 1.29 is 0 Å². The van der Waals surface area contributed by atoms with E-state index in [0.29, 0.717) is 0 Å². The first-order chi connectivity index (χ1) is 13.1. The summed E-state index contributed by atoms with van der Waals surface area (Å²) in [6.45, 7) is 9.33. The maximum absolute atomic E-state index is 2.53. The zero-order chi connectivity index (χ0) is 19.5. The molecule has 0 saturated carbocycles. The van der Waals surface area contributed by atoms with Crippen LogP contribution in [0.5, 0.6) is 0 Å². The highest BCUT2D eigenvalue weighted by Gasteiger charge is 2.23. The lowest BCUT2D eigenvalue weighted by molar-refractivity contribution is 0.640. The molecule has 0 aliphatic heterocycles. The minimum Gasteiger partial charge on any atom is -0.118 e. The van der Waals surface area contributed by atoms with Crippen molar-refractivity contribution in [1.82, 2.24) is 0 Å². The maximum Gasteiger partial charge on any atom is 0.0146 e.